The lowest BCUT2D eigenvalue weighted by Crippen LogP contribution is -2.47. The number of piperidine rings is 1. The Kier molecular flexibility index (Phi) is 4.96. The molecule has 4 rings (SSSR count). The summed E-state index contributed by atoms with van der Waals surface area (Å²) < 4.78 is 13.1. The van der Waals surface area contributed by atoms with E-state index in [0.717, 1.165) is 4.90 Å². The molecule has 6 nitrogen and oxygen atoms in total. The summed E-state index contributed by atoms with van der Waals surface area (Å²) in [5.74, 6) is -2.26. The van der Waals surface area contributed by atoms with Crippen molar-refractivity contribution in [2.24, 2.45) is 5.92 Å². The van der Waals surface area contributed by atoms with E-state index >= 15 is 0 Å². The number of likely N-dealkylation sites (tertiary alicyclic amines) is 1. The Morgan fingerprint density at radius 3 is 2.21 bits per heavy atom. The van der Waals surface area contributed by atoms with Crippen molar-refractivity contribution in [3.8, 4) is 0 Å². The molecule has 0 saturated carbocycles. The SMILES string of the molecule is O=C(c1ccc(F)cc1)C1CCCN(C(=O)CN2C(=O)c3ccccc3C2=O)C1. The number of hydrogen-bond donors (Lipinski definition) is 0. The van der Waals surface area contributed by atoms with E-state index in [4.69, 9.17) is 0 Å². The van der Waals surface area contributed by atoms with Gasteiger partial charge >= 0.3 is 0 Å². The standard InChI is InChI=1S/C22H19FN2O4/c23-16-9-7-14(8-10-16)20(27)15-4-3-11-24(12-15)19(26)13-25-21(28)17-5-1-2-6-18(17)22(25)29/h1-2,5-10,15H,3-4,11-13H2. The Bertz CT molecular complexity index is 967. The number of rotatable bonds is 4. The summed E-state index contributed by atoms with van der Waals surface area (Å²) >= 11 is 0. The van der Waals surface area contributed by atoms with Crippen LogP contribution < -0.4 is 0 Å². The summed E-state index contributed by atoms with van der Waals surface area (Å²) in [6, 6.07) is 11.8. The molecule has 1 unspecified atom stereocenters. The van der Waals surface area contributed by atoms with Crippen molar-refractivity contribution in [2.45, 2.75) is 12.8 Å². The van der Waals surface area contributed by atoms with Crippen molar-refractivity contribution in [3.05, 3.63) is 71.0 Å². The van der Waals surface area contributed by atoms with Gasteiger partial charge in [-0.3, -0.25) is 24.1 Å². The van der Waals surface area contributed by atoms with Gasteiger partial charge in [0.2, 0.25) is 5.91 Å². The molecule has 0 radical (unpaired) electrons. The molecule has 1 fully saturated rings. The maximum Gasteiger partial charge on any atom is 0.262 e. The average Bonchev–Trinajstić information content (AvgIpc) is 2.99. The summed E-state index contributed by atoms with van der Waals surface area (Å²) in [5, 5.41) is 0. The van der Waals surface area contributed by atoms with Crippen LogP contribution in [0.4, 0.5) is 4.39 Å². The molecule has 0 aromatic heterocycles. The lowest BCUT2D eigenvalue weighted by Gasteiger charge is -2.33. The van der Waals surface area contributed by atoms with Gasteiger partial charge in [0.25, 0.3) is 11.8 Å². The second kappa shape index (κ2) is 7.58. The second-order valence-electron chi connectivity index (χ2n) is 7.29. The number of amides is 3. The minimum atomic E-state index is -0.477. The Hall–Kier alpha value is -3.35. The third-order valence-electron chi connectivity index (χ3n) is 5.45. The van der Waals surface area contributed by atoms with Crippen LogP contribution in [-0.4, -0.2) is 52.9 Å². The zero-order chi connectivity index (χ0) is 20.5. The average molecular weight is 394 g/mol. The number of ketones is 1. The number of Topliss-reactive ketones (excluding diaryl/α,β-unsaturated/α-hetero) is 1. The van der Waals surface area contributed by atoms with E-state index in [1.807, 2.05) is 0 Å². The van der Waals surface area contributed by atoms with Crippen molar-refractivity contribution < 1.29 is 23.6 Å². The largest absolute Gasteiger partial charge is 0.340 e. The van der Waals surface area contributed by atoms with Crippen LogP contribution >= 0.6 is 0 Å². The van der Waals surface area contributed by atoms with Crippen LogP contribution in [0, 0.1) is 11.7 Å². The summed E-state index contributed by atoms with van der Waals surface area (Å²) in [4.78, 5) is 52.9. The zero-order valence-electron chi connectivity index (χ0n) is 15.6. The van der Waals surface area contributed by atoms with Crippen LogP contribution in [0.15, 0.2) is 48.5 Å². The van der Waals surface area contributed by atoms with Gasteiger partial charge in [0.05, 0.1) is 11.1 Å². The van der Waals surface area contributed by atoms with E-state index in [1.54, 1.807) is 24.3 Å². The van der Waals surface area contributed by atoms with E-state index < -0.39 is 17.6 Å². The number of nitrogens with zero attached hydrogens (tertiary/aromatic N) is 2. The quantitative estimate of drug-likeness (QED) is 0.590. The maximum atomic E-state index is 13.1. The van der Waals surface area contributed by atoms with Crippen molar-refractivity contribution in [1.29, 1.82) is 0 Å². The number of carbonyl (C=O) groups excluding carboxylic acids is 4. The summed E-state index contributed by atoms with van der Waals surface area (Å²) in [5.41, 5.74) is 1.01. The molecule has 0 bridgehead atoms. The normalized spacial score (nSPS) is 18.7. The second-order valence-corrected chi connectivity index (χ2v) is 7.29. The van der Waals surface area contributed by atoms with Crippen molar-refractivity contribution >= 4 is 23.5 Å². The van der Waals surface area contributed by atoms with Gasteiger partial charge in [-0.1, -0.05) is 12.1 Å². The first kappa shape index (κ1) is 19.0. The zero-order valence-corrected chi connectivity index (χ0v) is 15.6. The number of hydrogen-bond acceptors (Lipinski definition) is 4. The first-order chi connectivity index (χ1) is 14.0. The van der Waals surface area contributed by atoms with Gasteiger partial charge in [-0.05, 0) is 49.2 Å². The van der Waals surface area contributed by atoms with Gasteiger partial charge < -0.3 is 4.90 Å². The molecule has 0 aliphatic carbocycles. The van der Waals surface area contributed by atoms with Gasteiger partial charge in [-0.25, -0.2) is 4.39 Å². The highest BCUT2D eigenvalue weighted by atomic mass is 19.1. The molecule has 2 aromatic carbocycles. The molecule has 2 aromatic rings. The summed E-state index contributed by atoms with van der Waals surface area (Å²) in [7, 11) is 0. The molecular weight excluding hydrogens is 375 g/mol. The van der Waals surface area contributed by atoms with Crippen LogP contribution in [-0.2, 0) is 4.79 Å². The maximum absolute atomic E-state index is 13.1. The van der Waals surface area contributed by atoms with Crippen molar-refractivity contribution in [2.75, 3.05) is 19.6 Å². The molecule has 148 valence electrons. The smallest absolute Gasteiger partial charge is 0.262 e. The van der Waals surface area contributed by atoms with Gasteiger partial charge in [0, 0.05) is 24.6 Å². The molecule has 2 heterocycles. The molecule has 1 saturated heterocycles. The molecule has 7 heteroatoms. The third kappa shape index (κ3) is 3.55. The minimum absolute atomic E-state index is 0.136. The van der Waals surface area contributed by atoms with Crippen LogP contribution in [0.1, 0.15) is 43.9 Å². The van der Waals surface area contributed by atoms with Crippen LogP contribution in [0.5, 0.6) is 0 Å². The number of benzene rings is 2. The topological polar surface area (TPSA) is 74.8 Å². The number of carbonyl (C=O) groups is 4. The van der Waals surface area contributed by atoms with E-state index in [9.17, 15) is 23.6 Å². The van der Waals surface area contributed by atoms with Gasteiger partial charge in [0.1, 0.15) is 12.4 Å². The number of imide groups is 1. The lowest BCUT2D eigenvalue weighted by molar-refractivity contribution is -0.132. The number of halogens is 1. The molecule has 0 N–H and O–H groups in total. The predicted octanol–water partition coefficient (Wildman–Crippen LogP) is 2.54. The fraction of sp³-hybridized carbons (Fsp3) is 0.273. The minimum Gasteiger partial charge on any atom is -0.340 e. The molecule has 0 spiro atoms. The highest BCUT2D eigenvalue weighted by molar-refractivity contribution is 6.22. The van der Waals surface area contributed by atoms with Crippen LogP contribution in [0.3, 0.4) is 0 Å². The molecule has 1 atom stereocenters. The molecular formula is C22H19FN2O4. The van der Waals surface area contributed by atoms with Crippen molar-refractivity contribution in [1.82, 2.24) is 9.80 Å². The molecule has 2 aliphatic rings. The first-order valence-corrected chi connectivity index (χ1v) is 9.48. The van der Waals surface area contributed by atoms with E-state index in [1.165, 1.54) is 29.2 Å². The monoisotopic (exact) mass is 394 g/mol. The fourth-order valence-corrected chi connectivity index (χ4v) is 3.89. The Labute approximate surface area is 166 Å². The van der Waals surface area contributed by atoms with Gasteiger partial charge in [0.15, 0.2) is 5.78 Å². The molecule has 3 amide bonds. The summed E-state index contributed by atoms with van der Waals surface area (Å²) in [6.45, 7) is 0.344. The molecule has 29 heavy (non-hydrogen) atoms. The summed E-state index contributed by atoms with van der Waals surface area (Å²) in [6.07, 6.45) is 1.28. The first-order valence-electron chi connectivity index (χ1n) is 9.48. The van der Waals surface area contributed by atoms with Crippen LogP contribution in [0.25, 0.3) is 0 Å². The predicted molar refractivity (Wildman–Crippen MR) is 102 cm³/mol. The van der Waals surface area contributed by atoms with Gasteiger partial charge in [-0.2, -0.15) is 0 Å². The third-order valence-corrected chi connectivity index (χ3v) is 5.45. The van der Waals surface area contributed by atoms with E-state index in [-0.39, 0.29) is 30.7 Å². The Morgan fingerprint density at radius 1 is 0.966 bits per heavy atom. The van der Waals surface area contributed by atoms with Gasteiger partial charge in [-0.15, -0.1) is 0 Å². The fourth-order valence-electron chi connectivity index (χ4n) is 3.89. The highest BCUT2D eigenvalue weighted by Crippen LogP contribution is 2.24. The Balaban J connectivity index is 1.43. The highest BCUT2D eigenvalue weighted by Gasteiger charge is 2.38. The number of fused-ring (bicyclic) bond motifs is 1. The van der Waals surface area contributed by atoms with E-state index in [0.29, 0.717) is 36.1 Å². The van der Waals surface area contributed by atoms with Crippen LogP contribution in [0.2, 0.25) is 0 Å². The lowest BCUT2D eigenvalue weighted by atomic mass is 9.90. The van der Waals surface area contributed by atoms with E-state index in [2.05, 4.69) is 0 Å². The Morgan fingerprint density at radius 2 is 1.59 bits per heavy atom. The molecule has 2 aliphatic heterocycles. The van der Waals surface area contributed by atoms with Crippen molar-refractivity contribution in [3.63, 3.8) is 0 Å².